The van der Waals surface area contributed by atoms with Crippen LogP contribution in [0.2, 0.25) is 0 Å². The molecule has 1 aliphatic heterocycles. The van der Waals surface area contributed by atoms with E-state index < -0.39 is 25.2 Å². The molecule has 0 bridgehead atoms. The monoisotopic (exact) mass is 287 g/mol. The van der Waals surface area contributed by atoms with Crippen LogP contribution in [-0.2, 0) is 0 Å². The molecule has 1 aromatic carbocycles. The predicted molar refractivity (Wildman–Crippen MR) is 57.4 cm³/mol. The molecule has 3 nitrogen and oxygen atoms in total. The van der Waals surface area contributed by atoms with E-state index in [0.29, 0.717) is 5.56 Å². The van der Waals surface area contributed by atoms with Crippen LogP contribution in [0.15, 0.2) is 18.2 Å². The summed E-state index contributed by atoms with van der Waals surface area (Å²) in [6.07, 6.45) is -6.82. The second-order valence-electron chi connectivity index (χ2n) is 3.61. The summed E-state index contributed by atoms with van der Waals surface area (Å²) in [5, 5.41) is 0. The molecule has 102 valence electrons. The van der Waals surface area contributed by atoms with Crippen LogP contribution >= 0.6 is 12.4 Å². The summed E-state index contributed by atoms with van der Waals surface area (Å²) in [6.45, 7) is 0. The molecule has 8 heteroatoms. The first-order chi connectivity index (χ1) is 7.87. The summed E-state index contributed by atoms with van der Waals surface area (Å²) >= 11 is 0. The summed E-state index contributed by atoms with van der Waals surface area (Å²) in [5.41, 5.74) is 5.79. The number of benzene rings is 1. The van der Waals surface area contributed by atoms with E-state index in [1.165, 1.54) is 18.2 Å². The molecular formula is C10H10ClF4NO2. The van der Waals surface area contributed by atoms with Crippen LogP contribution in [0.5, 0.6) is 11.5 Å². The topological polar surface area (TPSA) is 44.5 Å². The van der Waals surface area contributed by atoms with E-state index in [9.17, 15) is 17.6 Å². The van der Waals surface area contributed by atoms with Crippen LogP contribution in [0.3, 0.4) is 0 Å². The number of hydrogen-bond acceptors (Lipinski definition) is 3. The quantitative estimate of drug-likeness (QED) is 0.869. The Morgan fingerprint density at radius 1 is 1.17 bits per heavy atom. The van der Waals surface area contributed by atoms with Gasteiger partial charge in [0, 0.05) is 12.5 Å². The number of hydrogen-bond donors (Lipinski definition) is 1. The Hall–Kier alpha value is -1.21. The Labute approximate surface area is 106 Å². The summed E-state index contributed by atoms with van der Waals surface area (Å²) in [4.78, 5) is 0. The molecule has 2 rings (SSSR count). The van der Waals surface area contributed by atoms with Gasteiger partial charge in [-0.15, -0.1) is 21.2 Å². The minimum atomic E-state index is -3.71. The molecule has 18 heavy (non-hydrogen) atoms. The average molecular weight is 288 g/mol. The Balaban J connectivity index is 0.00000162. The van der Waals surface area contributed by atoms with E-state index >= 15 is 0 Å². The maximum Gasteiger partial charge on any atom is 0.586 e. The molecule has 0 amide bonds. The van der Waals surface area contributed by atoms with Crippen LogP contribution in [-0.4, -0.2) is 12.7 Å². The second-order valence-corrected chi connectivity index (χ2v) is 3.61. The average Bonchev–Trinajstić information content (AvgIpc) is 2.48. The first-order valence-corrected chi connectivity index (χ1v) is 4.81. The molecule has 0 saturated heterocycles. The largest absolute Gasteiger partial charge is 0.586 e. The van der Waals surface area contributed by atoms with Crippen LogP contribution in [0.25, 0.3) is 0 Å². The van der Waals surface area contributed by atoms with Gasteiger partial charge in [0.15, 0.2) is 11.5 Å². The first kappa shape index (κ1) is 14.8. The molecule has 0 saturated carbocycles. The van der Waals surface area contributed by atoms with E-state index in [1.807, 2.05) is 0 Å². The number of fused-ring (bicyclic) bond motifs is 1. The Morgan fingerprint density at radius 3 is 2.39 bits per heavy atom. The summed E-state index contributed by atoms with van der Waals surface area (Å²) in [5.74, 6) is -0.333. The molecule has 0 aromatic heterocycles. The summed E-state index contributed by atoms with van der Waals surface area (Å²) in [7, 11) is 0. The molecular weight excluding hydrogens is 278 g/mol. The normalized spacial score (nSPS) is 17.4. The highest BCUT2D eigenvalue weighted by Gasteiger charge is 2.43. The Kier molecular flexibility index (Phi) is 4.28. The number of alkyl halides is 4. The number of rotatable bonds is 3. The van der Waals surface area contributed by atoms with Gasteiger partial charge in [-0.25, -0.2) is 8.78 Å². The summed E-state index contributed by atoms with van der Waals surface area (Å²) in [6, 6.07) is 2.83. The highest BCUT2D eigenvalue weighted by Crippen LogP contribution is 2.42. The van der Waals surface area contributed by atoms with Crippen molar-refractivity contribution in [2.45, 2.75) is 25.2 Å². The lowest BCUT2D eigenvalue weighted by Crippen LogP contribution is -2.25. The van der Waals surface area contributed by atoms with Crippen molar-refractivity contribution in [3.63, 3.8) is 0 Å². The molecule has 0 radical (unpaired) electrons. The van der Waals surface area contributed by atoms with E-state index in [4.69, 9.17) is 5.73 Å². The SMILES string of the molecule is Cl.N[C@@H](CC(F)F)c1ccc2c(c1)OC(F)(F)O2. The molecule has 1 atom stereocenters. The van der Waals surface area contributed by atoms with Gasteiger partial charge in [0.1, 0.15) is 0 Å². The van der Waals surface area contributed by atoms with Gasteiger partial charge in [-0.1, -0.05) is 6.07 Å². The molecule has 0 fully saturated rings. The standard InChI is InChI=1S/C10H9F4NO2.ClH/c11-9(12)4-6(15)5-1-2-7-8(3-5)17-10(13,14)16-7;/h1-3,6,9H,4,15H2;1H/t6-;/m0./s1. The van der Waals surface area contributed by atoms with Crippen molar-refractivity contribution in [2.75, 3.05) is 0 Å². The van der Waals surface area contributed by atoms with Crippen LogP contribution in [0, 0.1) is 0 Å². The van der Waals surface area contributed by atoms with Crippen LogP contribution < -0.4 is 15.2 Å². The van der Waals surface area contributed by atoms with Crippen molar-refractivity contribution < 1.29 is 27.0 Å². The molecule has 1 aromatic rings. The highest BCUT2D eigenvalue weighted by molar-refractivity contribution is 5.85. The van der Waals surface area contributed by atoms with E-state index in [0.717, 1.165) is 0 Å². The van der Waals surface area contributed by atoms with E-state index in [2.05, 4.69) is 9.47 Å². The zero-order chi connectivity index (χ0) is 12.6. The molecule has 1 aliphatic rings. The molecule has 0 aliphatic carbocycles. The van der Waals surface area contributed by atoms with Gasteiger partial charge in [0.2, 0.25) is 6.43 Å². The lowest BCUT2D eigenvalue weighted by atomic mass is 10.0. The molecule has 2 N–H and O–H groups in total. The van der Waals surface area contributed by atoms with Crippen molar-refractivity contribution in [1.29, 1.82) is 0 Å². The third-order valence-electron chi connectivity index (χ3n) is 2.29. The van der Waals surface area contributed by atoms with Gasteiger partial charge >= 0.3 is 6.29 Å². The fourth-order valence-electron chi connectivity index (χ4n) is 1.52. The molecule has 1 heterocycles. The molecule has 0 spiro atoms. The second kappa shape index (κ2) is 5.19. The Bertz CT molecular complexity index is 430. The smallest absolute Gasteiger partial charge is 0.395 e. The van der Waals surface area contributed by atoms with Gasteiger partial charge in [-0.2, -0.15) is 0 Å². The van der Waals surface area contributed by atoms with Crippen molar-refractivity contribution in [1.82, 2.24) is 0 Å². The van der Waals surface area contributed by atoms with E-state index in [-0.39, 0.29) is 23.9 Å². The first-order valence-electron chi connectivity index (χ1n) is 4.81. The minimum absolute atomic E-state index is 0. The van der Waals surface area contributed by atoms with Gasteiger partial charge in [0.25, 0.3) is 0 Å². The predicted octanol–water partition coefficient (Wildman–Crippen LogP) is 3.08. The van der Waals surface area contributed by atoms with Gasteiger partial charge in [-0.05, 0) is 17.7 Å². The van der Waals surface area contributed by atoms with Crippen molar-refractivity contribution in [3.8, 4) is 11.5 Å². The fraction of sp³-hybridized carbons (Fsp3) is 0.400. The lowest BCUT2D eigenvalue weighted by Gasteiger charge is -2.11. The van der Waals surface area contributed by atoms with E-state index in [1.54, 1.807) is 0 Å². The lowest BCUT2D eigenvalue weighted by molar-refractivity contribution is -0.286. The van der Waals surface area contributed by atoms with Gasteiger partial charge < -0.3 is 15.2 Å². The number of halogens is 5. The zero-order valence-electron chi connectivity index (χ0n) is 8.91. The van der Waals surface area contributed by atoms with Crippen LogP contribution in [0.1, 0.15) is 18.0 Å². The third kappa shape index (κ3) is 3.17. The minimum Gasteiger partial charge on any atom is -0.395 e. The van der Waals surface area contributed by atoms with Crippen LogP contribution in [0.4, 0.5) is 17.6 Å². The Morgan fingerprint density at radius 2 is 1.78 bits per heavy atom. The summed E-state index contributed by atoms with van der Waals surface area (Å²) < 4.78 is 57.9. The van der Waals surface area contributed by atoms with Gasteiger partial charge in [-0.3, -0.25) is 0 Å². The van der Waals surface area contributed by atoms with Crippen molar-refractivity contribution in [2.24, 2.45) is 5.73 Å². The highest BCUT2D eigenvalue weighted by atomic mass is 35.5. The zero-order valence-corrected chi connectivity index (χ0v) is 9.72. The third-order valence-corrected chi connectivity index (χ3v) is 2.29. The maximum absolute atomic E-state index is 12.7. The fourth-order valence-corrected chi connectivity index (χ4v) is 1.52. The number of nitrogens with two attached hydrogens (primary N) is 1. The van der Waals surface area contributed by atoms with Crippen molar-refractivity contribution in [3.05, 3.63) is 23.8 Å². The number of ether oxygens (including phenoxy) is 2. The molecule has 0 unspecified atom stereocenters. The van der Waals surface area contributed by atoms with Gasteiger partial charge in [0.05, 0.1) is 0 Å². The van der Waals surface area contributed by atoms with Crippen molar-refractivity contribution >= 4 is 12.4 Å². The maximum atomic E-state index is 12.7.